The van der Waals surface area contributed by atoms with Gasteiger partial charge in [-0.15, -0.1) is 0 Å². The summed E-state index contributed by atoms with van der Waals surface area (Å²) in [7, 11) is -3.69. The maximum Gasteiger partial charge on any atom is 0.242 e. The molecule has 1 aliphatic rings. The number of sulfonamides is 1. The highest BCUT2D eigenvalue weighted by molar-refractivity contribution is 7.89. The van der Waals surface area contributed by atoms with Crippen LogP contribution in [0.2, 0.25) is 5.02 Å². The summed E-state index contributed by atoms with van der Waals surface area (Å²) >= 11 is 6.15. The van der Waals surface area contributed by atoms with Crippen molar-refractivity contribution < 1.29 is 13.2 Å². The summed E-state index contributed by atoms with van der Waals surface area (Å²) in [6, 6.07) is 14.8. The number of hydrogen-bond donors (Lipinski definition) is 1. The van der Waals surface area contributed by atoms with Gasteiger partial charge in [0.05, 0.1) is 18.2 Å². The first-order chi connectivity index (χ1) is 12.5. The van der Waals surface area contributed by atoms with Gasteiger partial charge in [-0.1, -0.05) is 48.0 Å². The second kappa shape index (κ2) is 8.50. The Morgan fingerprint density at radius 2 is 1.85 bits per heavy atom. The summed E-state index contributed by atoms with van der Waals surface area (Å²) in [6.45, 7) is 5.00. The molecule has 0 saturated carbocycles. The molecule has 1 aliphatic heterocycles. The van der Waals surface area contributed by atoms with Gasteiger partial charge in [0, 0.05) is 25.7 Å². The van der Waals surface area contributed by atoms with Crippen molar-refractivity contribution in [2.45, 2.75) is 17.9 Å². The first-order valence-electron chi connectivity index (χ1n) is 8.60. The number of aryl methyl sites for hydroxylation is 1. The number of morpholine rings is 1. The molecule has 1 heterocycles. The summed E-state index contributed by atoms with van der Waals surface area (Å²) in [5.41, 5.74) is 2.00. The number of rotatable bonds is 6. The van der Waals surface area contributed by atoms with Gasteiger partial charge in [-0.2, -0.15) is 0 Å². The largest absolute Gasteiger partial charge is 0.379 e. The Hall–Kier alpha value is -1.44. The van der Waals surface area contributed by atoms with Gasteiger partial charge < -0.3 is 4.74 Å². The van der Waals surface area contributed by atoms with E-state index >= 15 is 0 Å². The highest BCUT2D eigenvalue weighted by atomic mass is 35.5. The molecular weight excluding hydrogens is 372 g/mol. The SMILES string of the molecule is Cc1ccc(S(=O)(=O)NC[C@H](c2ccccc2)N2CCOCC2)c(Cl)c1. The first-order valence-corrected chi connectivity index (χ1v) is 10.5. The summed E-state index contributed by atoms with van der Waals surface area (Å²) < 4.78 is 33.7. The highest BCUT2D eigenvalue weighted by Gasteiger charge is 2.25. The molecule has 140 valence electrons. The van der Waals surface area contributed by atoms with Crippen LogP contribution in [0.1, 0.15) is 17.2 Å². The Balaban J connectivity index is 1.80. The molecule has 1 fully saturated rings. The van der Waals surface area contributed by atoms with Crippen LogP contribution in [0.25, 0.3) is 0 Å². The molecule has 3 rings (SSSR count). The Labute approximate surface area is 160 Å². The molecule has 0 aliphatic carbocycles. The zero-order chi connectivity index (χ0) is 18.6. The molecule has 7 heteroatoms. The molecule has 0 bridgehead atoms. The molecule has 5 nitrogen and oxygen atoms in total. The number of benzene rings is 2. The van der Waals surface area contributed by atoms with Gasteiger partial charge >= 0.3 is 0 Å². The minimum absolute atomic E-state index is 0.0564. The summed E-state index contributed by atoms with van der Waals surface area (Å²) in [5, 5.41) is 0.236. The lowest BCUT2D eigenvalue weighted by Crippen LogP contribution is -2.43. The van der Waals surface area contributed by atoms with Gasteiger partial charge in [-0.05, 0) is 30.2 Å². The standard InChI is InChI=1S/C19H23ClN2O3S/c1-15-7-8-19(17(20)13-15)26(23,24)21-14-18(16-5-3-2-4-6-16)22-9-11-25-12-10-22/h2-8,13,18,21H,9-12,14H2,1H3/t18-/m1/s1. The molecule has 0 unspecified atom stereocenters. The molecule has 0 spiro atoms. The van der Waals surface area contributed by atoms with Crippen LogP contribution < -0.4 is 4.72 Å². The minimum atomic E-state index is -3.69. The average Bonchev–Trinajstić information content (AvgIpc) is 2.63. The number of nitrogens with zero attached hydrogens (tertiary/aromatic N) is 1. The lowest BCUT2D eigenvalue weighted by atomic mass is 10.1. The molecule has 2 aromatic rings. The molecular formula is C19H23ClN2O3S. The predicted octanol–water partition coefficient (Wildman–Crippen LogP) is 3.00. The van der Waals surface area contributed by atoms with Crippen molar-refractivity contribution in [3.63, 3.8) is 0 Å². The lowest BCUT2D eigenvalue weighted by molar-refractivity contribution is 0.0172. The average molecular weight is 395 g/mol. The van der Waals surface area contributed by atoms with Gasteiger partial charge in [-0.25, -0.2) is 13.1 Å². The van der Waals surface area contributed by atoms with Crippen LogP contribution in [0.15, 0.2) is 53.4 Å². The molecule has 26 heavy (non-hydrogen) atoms. The topological polar surface area (TPSA) is 58.6 Å². The van der Waals surface area contributed by atoms with Crippen molar-refractivity contribution in [3.05, 3.63) is 64.7 Å². The van der Waals surface area contributed by atoms with Crippen molar-refractivity contribution in [1.82, 2.24) is 9.62 Å². The zero-order valence-electron chi connectivity index (χ0n) is 14.7. The Kier molecular flexibility index (Phi) is 6.32. The fourth-order valence-electron chi connectivity index (χ4n) is 3.11. The summed E-state index contributed by atoms with van der Waals surface area (Å²) in [5.74, 6) is 0. The van der Waals surface area contributed by atoms with Gasteiger partial charge in [0.2, 0.25) is 10.0 Å². The monoisotopic (exact) mass is 394 g/mol. The van der Waals surface area contributed by atoms with E-state index in [4.69, 9.17) is 16.3 Å². The molecule has 0 amide bonds. The van der Waals surface area contributed by atoms with Crippen LogP contribution in [-0.2, 0) is 14.8 Å². The number of nitrogens with one attached hydrogen (secondary N) is 1. The van der Waals surface area contributed by atoms with Crippen LogP contribution in [0.5, 0.6) is 0 Å². The van der Waals surface area contributed by atoms with Crippen LogP contribution in [0.4, 0.5) is 0 Å². The van der Waals surface area contributed by atoms with E-state index in [9.17, 15) is 8.42 Å². The van der Waals surface area contributed by atoms with Gasteiger partial charge in [0.25, 0.3) is 0 Å². The van der Waals surface area contributed by atoms with Crippen LogP contribution >= 0.6 is 11.6 Å². The fraction of sp³-hybridized carbons (Fsp3) is 0.368. The summed E-state index contributed by atoms with van der Waals surface area (Å²) in [6.07, 6.45) is 0. The maximum atomic E-state index is 12.7. The van der Waals surface area contributed by atoms with Crippen LogP contribution in [0, 0.1) is 6.92 Å². The Morgan fingerprint density at radius 3 is 2.50 bits per heavy atom. The van der Waals surface area contributed by atoms with Crippen molar-refractivity contribution in [2.24, 2.45) is 0 Å². The third kappa shape index (κ3) is 4.64. The van der Waals surface area contributed by atoms with Gasteiger partial charge in [0.15, 0.2) is 0 Å². The summed E-state index contributed by atoms with van der Waals surface area (Å²) in [4.78, 5) is 2.36. The number of halogens is 1. The van der Waals surface area contributed by atoms with Crippen LogP contribution in [-0.4, -0.2) is 46.2 Å². The van der Waals surface area contributed by atoms with Gasteiger partial charge in [-0.3, -0.25) is 4.90 Å². The third-order valence-corrected chi connectivity index (χ3v) is 6.42. The normalized spacial score (nSPS) is 17.2. The van der Waals surface area contributed by atoms with Gasteiger partial charge in [0.1, 0.15) is 4.90 Å². The van der Waals surface area contributed by atoms with E-state index in [1.165, 1.54) is 0 Å². The molecule has 1 N–H and O–H groups in total. The highest BCUT2D eigenvalue weighted by Crippen LogP contribution is 2.25. The van der Waals surface area contributed by atoms with E-state index in [0.717, 1.165) is 24.2 Å². The van der Waals surface area contributed by atoms with Crippen molar-refractivity contribution in [3.8, 4) is 0 Å². The molecule has 1 atom stereocenters. The fourth-order valence-corrected chi connectivity index (χ4v) is 4.75. The lowest BCUT2D eigenvalue weighted by Gasteiger charge is -2.34. The Bertz CT molecular complexity index is 837. The third-order valence-electron chi connectivity index (χ3n) is 4.51. The van der Waals surface area contributed by atoms with E-state index in [1.807, 2.05) is 37.3 Å². The van der Waals surface area contributed by atoms with E-state index in [2.05, 4.69) is 9.62 Å². The zero-order valence-corrected chi connectivity index (χ0v) is 16.3. The van der Waals surface area contributed by atoms with Crippen molar-refractivity contribution in [1.29, 1.82) is 0 Å². The van der Waals surface area contributed by atoms with E-state index < -0.39 is 10.0 Å². The molecule has 0 radical (unpaired) electrons. The predicted molar refractivity (Wildman–Crippen MR) is 103 cm³/mol. The Morgan fingerprint density at radius 1 is 1.15 bits per heavy atom. The first kappa shape index (κ1) is 19.3. The second-order valence-electron chi connectivity index (χ2n) is 6.36. The van der Waals surface area contributed by atoms with Crippen molar-refractivity contribution >= 4 is 21.6 Å². The van der Waals surface area contributed by atoms with E-state index in [1.54, 1.807) is 18.2 Å². The van der Waals surface area contributed by atoms with Crippen LogP contribution in [0.3, 0.4) is 0 Å². The molecule has 1 saturated heterocycles. The number of ether oxygens (including phenoxy) is 1. The second-order valence-corrected chi connectivity index (χ2v) is 8.50. The molecule has 0 aromatic heterocycles. The quantitative estimate of drug-likeness (QED) is 0.818. The van der Waals surface area contributed by atoms with E-state index in [0.29, 0.717) is 13.2 Å². The maximum absolute atomic E-state index is 12.7. The minimum Gasteiger partial charge on any atom is -0.379 e. The smallest absolute Gasteiger partial charge is 0.242 e. The number of hydrogen-bond acceptors (Lipinski definition) is 4. The van der Waals surface area contributed by atoms with E-state index in [-0.39, 0.29) is 22.5 Å². The van der Waals surface area contributed by atoms with Crippen molar-refractivity contribution in [2.75, 3.05) is 32.8 Å². The molecule has 2 aromatic carbocycles.